The van der Waals surface area contributed by atoms with E-state index in [4.69, 9.17) is 0 Å². The van der Waals surface area contributed by atoms with Gasteiger partial charge >= 0.3 is 0 Å². The fourth-order valence-electron chi connectivity index (χ4n) is 2.83. The van der Waals surface area contributed by atoms with Gasteiger partial charge in [0.1, 0.15) is 0 Å². The second-order valence-corrected chi connectivity index (χ2v) is 6.82. The number of carbonyl (C=O) groups is 2. The highest BCUT2D eigenvalue weighted by atomic mass is 35.5. The Labute approximate surface area is 159 Å². The second kappa shape index (κ2) is 7.40. The normalized spacial score (nSPS) is 13.0. The van der Waals surface area contributed by atoms with Gasteiger partial charge in [-0.05, 0) is 18.2 Å². The third-order valence-electron chi connectivity index (χ3n) is 3.95. The SMILES string of the molecule is CC(=O)Nc1ccc2nc(NC(=O)c3n[nH]c4c3CNCC4)sc2c1.Cl. The molecule has 2 aromatic heterocycles. The van der Waals surface area contributed by atoms with Crippen molar-refractivity contribution in [2.24, 2.45) is 0 Å². The molecule has 0 aliphatic carbocycles. The lowest BCUT2D eigenvalue weighted by Gasteiger charge is -2.12. The molecule has 3 heterocycles. The number of nitrogens with one attached hydrogen (secondary N) is 4. The molecular weight excluding hydrogens is 376 g/mol. The number of hydrogen-bond acceptors (Lipinski definition) is 6. The molecule has 0 radical (unpaired) electrons. The Morgan fingerprint density at radius 1 is 1.27 bits per heavy atom. The molecule has 0 bridgehead atoms. The summed E-state index contributed by atoms with van der Waals surface area (Å²) < 4.78 is 0.882. The van der Waals surface area contributed by atoms with Gasteiger partial charge in [-0.3, -0.25) is 20.0 Å². The van der Waals surface area contributed by atoms with Crippen LogP contribution in [0.1, 0.15) is 28.7 Å². The number of aromatic nitrogens is 3. The minimum absolute atomic E-state index is 0. The smallest absolute Gasteiger partial charge is 0.278 e. The number of hydrogen-bond donors (Lipinski definition) is 4. The maximum Gasteiger partial charge on any atom is 0.278 e. The van der Waals surface area contributed by atoms with Crippen molar-refractivity contribution in [1.82, 2.24) is 20.5 Å². The van der Waals surface area contributed by atoms with Gasteiger partial charge in [-0.2, -0.15) is 5.10 Å². The maximum absolute atomic E-state index is 12.5. The third kappa shape index (κ3) is 3.55. The number of thiazole rings is 1. The van der Waals surface area contributed by atoms with E-state index >= 15 is 0 Å². The van der Waals surface area contributed by atoms with E-state index in [1.54, 1.807) is 6.07 Å². The molecule has 8 nitrogen and oxygen atoms in total. The number of rotatable bonds is 3. The van der Waals surface area contributed by atoms with E-state index in [-0.39, 0.29) is 24.2 Å². The van der Waals surface area contributed by atoms with Crippen molar-refractivity contribution in [2.75, 3.05) is 17.2 Å². The van der Waals surface area contributed by atoms with Crippen LogP contribution in [0.3, 0.4) is 0 Å². The van der Waals surface area contributed by atoms with Crippen LogP contribution in [0.4, 0.5) is 10.8 Å². The van der Waals surface area contributed by atoms with Crippen molar-refractivity contribution in [2.45, 2.75) is 19.9 Å². The molecule has 0 saturated heterocycles. The molecule has 0 spiro atoms. The molecule has 0 atom stereocenters. The molecule has 1 aliphatic heterocycles. The lowest BCUT2D eigenvalue weighted by atomic mass is 10.1. The summed E-state index contributed by atoms with van der Waals surface area (Å²) in [5.41, 5.74) is 3.79. The van der Waals surface area contributed by atoms with Gasteiger partial charge in [0.15, 0.2) is 10.8 Å². The summed E-state index contributed by atoms with van der Waals surface area (Å²) in [4.78, 5) is 28.1. The van der Waals surface area contributed by atoms with Gasteiger partial charge in [-0.25, -0.2) is 4.98 Å². The second-order valence-electron chi connectivity index (χ2n) is 5.79. The van der Waals surface area contributed by atoms with Crippen LogP contribution in [0.2, 0.25) is 0 Å². The number of carbonyl (C=O) groups excluding carboxylic acids is 2. The quantitative estimate of drug-likeness (QED) is 0.546. The summed E-state index contributed by atoms with van der Waals surface area (Å²) in [6.07, 6.45) is 0.836. The van der Waals surface area contributed by atoms with Gasteiger partial charge in [0.2, 0.25) is 5.91 Å². The highest BCUT2D eigenvalue weighted by Gasteiger charge is 2.22. The Morgan fingerprint density at radius 3 is 2.92 bits per heavy atom. The topological polar surface area (TPSA) is 112 Å². The first kappa shape index (κ1) is 18.3. The summed E-state index contributed by atoms with van der Waals surface area (Å²) in [5.74, 6) is -0.406. The lowest BCUT2D eigenvalue weighted by Crippen LogP contribution is -2.25. The van der Waals surface area contributed by atoms with Crippen molar-refractivity contribution in [3.8, 4) is 0 Å². The average Bonchev–Trinajstić information content (AvgIpc) is 3.17. The minimum Gasteiger partial charge on any atom is -0.326 e. The Morgan fingerprint density at radius 2 is 2.12 bits per heavy atom. The largest absolute Gasteiger partial charge is 0.326 e. The van der Waals surface area contributed by atoms with Crippen LogP contribution in [0.15, 0.2) is 18.2 Å². The van der Waals surface area contributed by atoms with E-state index in [1.165, 1.54) is 18.3 Å². The number of fused-ring (bicyclic) bond motifs is 2. The molecule has 4 N–H and O–H groups in total. The Bertz CT molecular complexity index is 982. The standard InChI is InChI=1S/C16H16N6O2S.ClH/c1-8(23)18-9-2-3-12-13(6-9)25-16(19-12)20-15(24)14-10-7-17-5-4-11(10)21-22-14;/h2-3,6,17H,4-5,7H2,1H3,(H,18,23)(H,21,22)(H,19,20,24);1H. The number of H-pyrrole nitrogens is 1. The monoisotopic (exact) mass is 392 g/mol. The Kier molecular flexibility index (Phi) is 5.21. The number of halogens is 1. The first-order chi connectivity index (χ1) is 12.1. The van der Waals surface area contributed by atoms with Crippen molar-refractivity contribution < 1.29 is 9.59 Å². The van der Waals surface area contributed by atoms with E-state index in [9.17, 15) is 9.59 Å². The molecule has 0 unspecified atom stereocenters. The summed E-state index contributed by atoms with van der Waals surface area (Å²) in [5, 5.41) is 16.4. The number of anilines is 2. The molecule has 2 amide bonds. The van der Waals surface area contributed by atoms with E-state index in [0.717, 1.165) is 34.4 Å². The van der Waals surface area contributed by atoms with Gasteiger partial charge in [0.25, 0.3) is 5.91 Å². The van der Waals surface area contributed by atoms with Crippen molar-refractivity contribution >= 4 is 56.6 Å². The van der Waals surface area contributed by atoms with Crippen LogP contribution in [-0.2, 0) is 17.8 Å². The van der Waals surface area contributed by atoms with E-state index in [1.807, 2.05) is 12.1 Å². The minimum atomic E-state index is -0.276. The molecule has 136 valence electrons. The predicted molar refractivity (Wildman–Crippen MR) is 103 cm³/mol. The van der Waals surface area contributed by atoms with Crippen molar-refractivity contribution in [3.63, 3.8) is 0 Å². The third-order valence-corrected chi connectivity index (χ3v) is 4.88. The summed E-state index contributed by atoms with van der Waals surface area (Å²) in [6.45, 7) is 2.97. The van der Waals surface area contributed by atoms with Crippen LogP contribution in [0, 0.1) is 0 Å². The summed E-state index contributed by atoms with van der Waals surface area (Å²) in [7, 11) is 0. The van der Waals surface area contributed by atoms with E-state index in [0.29, 0.717) is 23.1 Å². The zero-order chi connectivity index (χ0) is 17.4. The molecule has 3 aromatic rings. The van der Waals surface area contributed by atoms with Crippen LogP contribution >= 0.6 is 23.7 Å². The Hall–Kier alpha value is -2.49. The van der Waals surface area contributed by atoms with Crippen LogP contribution in [0.5, 0.6) is 0 Å². The molecule has 10 heteroatoms. The van der Waals surface area contributed by atoms with Gasteiger partial charge < -0.3 is 10.6 Å². The fraction of sp³-hybridized carbons (Fsp3) is 0.250. The predicted octanol–water partition coefficient (Wildman–Crippen LogP) is 2.30. The molecule has 26 heavy (non-hydrogen) atoms. The van der Waals surface area contributed by atoms with Gasteiger partial charge in [-0.1, -0.05) is 11.3 Å². The Balaban J connectivity index is 0.00000196. The first-order valence-electron chi connectivity index (χ1n) is 7.86. The summed E-state index contributed by atoms with van der Waals surface area (Å²) in [6, 6.07) is 5.43. The van der Waals surface area contributed by atoms with Crippen LogP contribution < -0.4 is 16.0 Å². The first-order valence-corrected chi connectivity index (χ1v) is 8.68. The molecule has 0 saturated carbocycles. The van der Waals surface area contributed by atoms with E-state index in [2.05, 4.69) is 31.1 Å². The molecule has 1 aliphatic rings. The van der Waals surface area contributed by atoms with Crippen LogP contribution in [-0.4, -0.2) is 33.5 Å². The van der Waals surface area contributed by atoms with Crippen molar-refractivity contribution in [3.05, 3.63) is 35.2 Å². The van der Waals surface area contributed by atoms with Gasteiger partial charge in [-0.15, -0.1) is 12.4 Å². The fourth-order valence-corrected chi connectivity index (χ4v) is 3.73. The highest BCUT2D eigenvalue weighted by Crippen LogP contribution is 2.29. The van der Waals surface area contributed by atoms with Crippen molar-refractivity contribution in [1.29, 1.82) is 0 Å². The van der Waals surface area contributed by atoms with E-state index < -0.39 is 0 Å². The molecule has 1 aromatic carbocycles. The zero-order valence-electron chi connectivity index (χ0n) is 13.9. The number of aromatic amines is 1. The van der Waals surface area contributed by atoms with Crippen LogP contribution in [0.25, 0.3) is 10.2 Å². The summed E-state index contributed by atoms with van der Waals surface area (Å²) >= 11 is 1.35. The number of nitrogens with zero attached hydrogens (tertiary/aromatic N) is 2. The molecular formula is C16H17ClN6O2S. The van der Waals surface area contributed by atoms with Gasteiger partial charge in [0.05, 0.1) is 10.2 Å². The molecule has 4 rings (SSSR count). The number of benzene rings is 1. The number of amides is 2. The zero-order valence-corrected chi connectivity index (χ0v) is 15.5. The molecule has 0 fully saturated rings. The van der Waals surface area contributed by atoms with Gasteiger partial charge in [0, 0.05) is 43.4 Å². The lowest BCUT2D eigenvalue weighted by molar-refractivity contribution is -0.114. The average molecular weight is 393 g/mol. The maximum atomic E-state index is 12.5. The highest BCUT2D eigenvalue weighted by molar-refractivity contribution is 7.22.